The number of rotatable bonds is 11. The maximum atomic E-state index is 13.4. The van der Waals surface area contributed by atoms with E-state index >= 15 is 0 Å². The van der Waals surface area contributed by atoms with Crippen molar-refractivity contribution in [3.63, 3.8) is 0 Å². The van der Waals surface area contributed by atoms with Crippen LogP contribution in [0.3, 0.4) is 0 Å². The van der Waals surface area contributed by atoms with Crippen molar-refractivity contribution in [1.29, 1.82) is 0 Å². The molecule has 7 nitrogen and oxygen atoms in total. The van der Waals surface area contributed by atoms with E-state index in [2.05, 4.69) is 4.72 Å². The molecule has 202 valence electrons. The van der Waals surface area contributed by atoms with E-state index in [0.29, 0.717) is 0 Å². The molecular formula is C30H36N2O5S. The fourth-order valence-electron chi connectivity index (χ4n) is 5.30. The van der Waals surface area contributed by atoms with E-state index in [1.165, 1.54) is 11.3 Å². The van der Waals surface area contributed by atoms with E-state index in [1.54, 1.807) is 12.1 Å². The predicted molar refractivity (Wildman–Crippen MR) is 147 cm³/mol. The van der Waals surface area contributed by atoms with Gasteiger partial charge in [0.05, 0.1) is 17.0 Å². The molecule has 2 atom stereocenters. The second kappa shape index (κ2) is 13.0. The van der Waals surface area contributed by atoms with Crippen molar-refractivity contribution < 1.29 is 23.4 Å². The fourth-order valence-corrected chi connectivity index (χ4v) is 6.65. The highest BCUT2D eigenvalue weighted by atomic mass is 32.2. The number of aliphatic hydroxyl groups excluding tert-OH is 1. The number of carboxylic acid groups (broad SMARTS) is 1. The Balaban J connectivity index is 1.56. The van der Waals surface area contributed by atoms with Gasteiger partial charge < -0.3 is 10.2 Å². The first-order valence-electron chi connectivity index (χ1n) is 13.2. The highest BCUT2D eigenvalue weighted by Gasteiger charge is 2.32. The van der Waals surface area contributed by atoms with Gasteiger partial charge in [-0.15, -0.1) is 0 Å². The van der Waals surface area contributed by atoms with Crippen LogP contribution in [-0.4, -0.2) is 48.3 Å². The summed E-state index contributed by atoms with van der Waals surface area (Å²) < 4.78 is 29.4. The zero-order valence-corrected chi connectivity index (χ0v) is 22.3. The van der Waals surface area contributed by atoms with E-state index in [4.69, 9.17) is 0 Å². The number of amides is 1. The fraction of sp³-hybridized carbons (Fsp3) is 0.367. The molecule has 0 aliphatic heterocycles. The second-order valence-corrected chi connectivity index (χ2v) is 11.7. The summed E-state index contributed by atoms with van der Waals surface area (Å²) in [4.78, 5) is 13.8. The number of nitrogens with zero attached hydrogens (tertiary/aromatic N) is 1. The molecule has 0 saturated heterocycles. The number of aliphatic hydroxyl groups is 1. The normalized spacial score (nSPS) is 16.0. The Bertz CT molecular complexity index is 1280. The molecule has 1 aliphatic carbocycles. The molecule has 3 aromatic carbocycles. The highest BCUT2D eigenvalue weighted by molar-refractivity contribution is 7.89. The van der Waals surface area contributed by atoms with Crippen molar-refractivity contribution in [3.05, 3.63) is 102 Å². The number of hydrogen-bond acceptors (Lipinski definition) is 4. The molecule has 4 rings (SSSR count). The van der Waals surface area contributed by atoms with Gasteiger partial charge in [-0.3, -0.25) is 4.90 Å². The van der Waals surface area contributed by atoms with Gasteiger partial charge >= 0.3 is 6.09 Å². The zero-order valence-electron chi connectivity index (χ0n) is 21.4. The molecule has 1 amide bonds. The molecule has 0 heterocycles. The molecular weight excluding hydrogens is 500 g/mol. The highest BCUT2D eigenvalue weighted by Crippen LogP contribution is 2.35. The molecule has 3 N–H and O–H groups in total. The van der Waals surface area contributed by atoms with Crippen LogP contribution in [0.25, 0.3) is 0 Å². The summed E-state index contributed by atoms with van der Waals surface area (Å²) in [6.45, 7) is -0.237. The van der Waals surface area contributed by atoms with Gasteiger partial charge in [-0.05, 0) is 47.9 Å². The predicted octanol–water partition coefficient (Wildman–Crippen LogP) is 5.17. The number of benzene rings is 3. The Morgan fingerprint density at radius 3 is 2.08 bits per heavy atom. The Kier molecular flexibility index (Phi) is 9.55. The smallest absolute Gasteiger partial charge is 0.407 e. The van der Waals surface area contributed by atoms with Gasteiger partial charge in [0.2, 0.25) is 10.0 Å². The number of hydrogen-bond donors (Lipinski definition) is 3. The van der Waals surface area contributed by atoms with Gasteiger partial charge in [-0.25, -0.2) is 17.9 Å². The lowest BCUT2D eigenvalue weighted by atomic mass is 9.84. The van der Waals surface area contributed by atoms with Gasteiger partial charge in [-0.1, -0.05) is 98.1 Å². The van der Waals surface area contributed by atoms with Gasteiger partial charge in [0.1, 0.15) is 0 Å². The van der Waals surface area contributed by atoms with Crippen LogP contribution in [0, 0.1) is 0 Å². The molecule has 0 aromatic heterocycles. The first-order chi connectivity index (χ1) is 18.3. The van der Waals surface area contributed by atoms with E-state index in [9.17, 15) is 23.4 Å². The summed E-state index contributed by atoms with van der Waals surface area (Å²) in [6, 6.07) is 24.7. The summed E-state index contributed by atoms with van der Waals surface area (Å²) in [7, 11) is -3.92. The Hall–Kier alpha value is -3.20. The van der Waals surface area contributed by atoms with Crippen LogP contribution in [0.1, 0.15) is 54.7 Å². The summed E-state index contributed by atoms with van der Waals surface area (Å²) in [6.07, 6.45) is 3.04. The average molecular weight is 537 g/mol. The standard InChI is InChI=1S/C30H36N2O5S/c33-28(21-31-38(36,37)29-19-11-10-18-26(29)25-16-8-3-9-17-25)27(20-23-12-4-1-5-13-23)32(30(34)35)22-24-14-6-2-7-15-24/h1-2,4-7,10-15,18-19,25,27-28,31,33H,3,8-9,16-17,20-22H2,(H,34,35)/t27?,28-/m1/s1. The molecule has 0 bridgehead atoms. The lowest BCUT2D eigenvalue weighted by Crippen LogP contribution is -2.51. The van der Waals surface area contributed by atoms with E-state index in [1.807, 2.05) is 72.8 Å². The second-order valence-electron chi connectivity index (χ2n) is 9.95. The molecule has 38 heavy (non-hydrogen) atoms. The third-order valence-corrected chi connectivity index (χ3v) is 8.81. The van der Waals surface area contributed by atoms with Gasteiger partial charge in [0, 0.05) is 13.1 Å². The topological polar surface area (TPSA) is 107 Å². The summed E-state index contributed by atoms with van der Waals surface area (Å²) in [5.74, 6) is 0.195. The van der Waals surface area contributed by atoms with Gasteiger partial charge in [0.15, 0.2) is 0 Å². The van der Waals surface area contributed by atoms with Crippen LogP contribution in [0.2, 0.25) is 0 Å². The number of sulfonamides is 1. The molecule has 1 unspecified atom stereocenters. The summed E-state index contributed by atoms with van der Waals surface area (Å²) in [5.41, 5.74) is 2.44. The molecule has 8 heteroatoms. The Labute approximate surface area is 225 Å². The van der Waals surface area contributed by atoms with Crippen molar-refractivity contribution in [1.82, 2.24) is 9.62 Å². The third-order valence-electron chi connectivity index (χ3n) is 7.31. The quantitative estimate of drug-likeness (QED) is 0.314. The third kappa shape index (κ3) is 7.22. The maximum Gasteiger partial charge on any atom is 0.407 e. The molecule has 0 spiro atoms. The van der Waals surface area contributed by atoms with Gasteiger partial charge in [0.25, 0.3) is 0 Å². The van der Waals surface area contributed by atoms with Crippen molar-refractivity contribution in [2.24, 2.45) is 0 Å². The summed E-state index contributed by atoms with van der Waals surface area (Å²) in [5, 5.41) is 21.4. The SMILES string of the molecule is O=C(O)N(Cc1ccccc1)C(Cc1ccccc1)[C@H](O)CNS(=O)(=O)c1ccccc1C1CCCCC1. The Morgan fingerprint density at radius 2 is 1.45 bits per heavy atom. The molecule has 1 aliphatic rings. The Morgan fingerprint density at radius 1 is 0.868 bits per heavy atom. The van der Waals surface area contributed by atoms with Crippen molar-refractivity contribution in [2.75, 3.05) is 6.54 Å². The molecule has 3 aromatic rings. The first-order valence-corrected chi connectivity index (χ1v) is 14.7. The average Bonchev–Trinajstić information content (AvgIpc) is 2.95. The van der Waals surface area contributed by atoms with Crippen LogP contribution in [-0.2, 0) is 23.0 Å². The van der Waals surface area contributed by atoms with E-state index < -0.39 is 28.3 Å². The minimum Gasteiger partial charge on any atom is -0.465 e. The lowest BCUT2D eigenvalue weighted by Gasteiger charge is -2.33. The van der Waals surface area contributed by atoms with Crippen LogP contribution in [0.4, 0.5) is 4.79 Å². The molecule has 0 radical (unpaired) electrons. The van der Waals surface area contributed by atoms with Crippen LogP contribution in [0.5, 0.6) is 0 Å². The van der Waals surface area contributed by atoms with E-state index in [-0.39, 0.29) is 30.3 Å². The lowest BCUT2D eigenvalue weighted by molar-refractivity contribution is 0.0469. The van der Waals surface area contributed by atoms with Crippen molar-refractivity contribution in [3.8, 4) is 0 Å². The van der Waals surface area contributed by atoms with Gasteiger partial charge in [-0.2, -0.15) is 0 Å². The first kappa shape index (κ1) is 27.8. The van der Waals surface area contributed by atoms with Crippen LogP contribution >= 0.6 is 0 Å². The summed E-state index contributed by atoms with van der Waals surface area (Å²) >= 11 is 0. The minimum absolute atomic E-state index is 0.0714. The van der Waals surface area contributed by atoms with Crippen LogP contribution < -0.4 is 4.72 Å². The molecule has 1 fully saturated rings. The van der Waals surface area contributed by atoms with Crippen molar-refractivity contribution >= 4 is 16.1 Å². The zero-order chi connectivity index (χ0) is 27.0. The monoisotopic (exact) mass is 536 g/mol. The molecule has 1 saturated carbocycles. The number of carbonyl (C=O) groups is 1. The van der Waals surface area contributed by atoms with Crippen LogP contribution in [0.15, 0.2) is 89.8 Å². The maximum absolute atomic E-state index is 13.4. The number of nitrogens with one attached hydrogen (secondary N) is 1. The largest absolute Gasteiger partial charge is 0.465 e. The van der Waals surface area contributed by atoms with Crippen molar-refractivity contribution in [2.45, 2.75) is 68.0 Å². The minimum atomic E-state index is -3.92. The van der Waals surface area contributed by atoms with E-state index in [0.717, 1.165) is 42.4 Å².